The van der Waals surface area contributed by atoms with Crippen LogP contribution in [0, 0.1) is 6.92 Å². The second-order valence-corrected chi connectivity index (χ2v) is 5.30. The number of esters is 1. The number of alkyl halides is 3. The average molecular weight is 352 g/mol. The zero-order chi connectivity index (χ0) is 18.6. The fourth-order valence-electron chi connectivity index (χ4n) is 1.89. The van der Waals surface area contributed by atoms with Crippen molar-refractivity contribution in [1.82, 2.24) is 4.98 Å². The first-order valence-electron chi connectivity index (χ1n) is 7.28. The fourth-order valence-corrected chi connectivity index (χ4v) is 1.89. The third kappa shape index (κ3) is 5.03. The third-order valence-corrected chi connectivity index (χ3v) is 3.26. The predicted octanol–water partition coefficient (Wildman–Crippen LogP) is 3.59. The summed E-state index contributed by atoms with van der Waals surface area (Å²) in [4.78, 5) is 27.9. The maximum atomic E-state index is 12.7. The average Bonchev–Trinajstić information content (AvgIpc) is 2.54. The van der Waals surface area contributed by atoms with Crippen LogP contribution >= 0.6 is 0 Å². The van der Waals surface area contributed by atoms with Gasteiger partial charge in [0.1, 0.15) is 0 Å². The van der Waals surface area contributed by atoms with E-state index < -0.39 is 29.7 Å². The van der Waals surface area contributed by atoms with Crippen LogP contribution in [0.1, 0.15) is 28.5 Å². The molecule has 5 nitrogen and oxygen atoms in total. The molecule has 1 aromatic carbocycles. The molecule has 1 unspecified atom stereocenters. The number of carbonyl (C=O) groups is 2. The Bertz CT molecular complexity index is 773. The summed E-state index contributed by atoms with van der Waals surface area (Å²) in [7, 11) is 0. The topological polar surface area (TPSA) is 68.3 Å². The first-order valence-corrected chi connectivity index (χ1v) is 7.28. The van der Waals surface area contributed by atoms with Gasteiger partial charge in [0.25, 0.3) is 5.91 Å². The highest BCUT2D eigenvalue weighted by Crippen LogP contribution is 2.30. The summed E-state index contributed by atoms with van der Waals surface area (Å²) < 4.78 is 43.0. The number of anilines is 1. The van der Waals surface area contributed by atoms with Crippen LogP contribution in [0.4, 0.5) is 18.9 Å². The molecule has 8 heteroatoms. The minimum Gasteiger partial charge on any atom is -0.449 e. The minimum absolute atomic E-state index is 0.0419. The number of aryl methyl sites for hydroxylation is 1. The van der Waals surface area contributed by atoms with Gasteiger partial charge in [-0.3, -0.25) is 9.78 Å². The van der Waals surface area contributed by atoms with Gasteiger partial charge in [-0.05, 0) is 44.2 Å². The molecule has 1 atom stereocenters. The Morgan fingerprint density at radius 3 is 2.52 bits per heavy atom. The lowest BCUT2D eigenvalue weighted by Gasteiger charge is -2.14. The maximum absolute atomic E-state index is 12.7. The van der Waals surface area contributed by atoms with Crippen LogP contribution in [0.3, 0.4) is 0 Å². The molecule has 1 aromatic heterocycles. The van der Waals surface area contributed by atoms with E-state index in [0.717, 1.165) is 12.1 Å². The summed E-state index contributed by atoms with van der Waals surface area (Å²) in [6, 6.07) is 7.30. The van der Waals surface area contributed by atoms with Gasteiger partial charge in [-0.25, -0.2) is 4.79 Å². The van der Waals surface area contributed by atoms with Crippen LogP contribution in [0.2, 0.25) is 0 Å². The quantitative estimate of drug-likeness (QED) is 0.854. The Hall–Kier alpha value is -2.90. The first-order chi connectivity index (χ1) is 11.7. The number of benzene rings is 1. The molecule has 0 saturated carbocycles. The molecule has 25 heavy (non-hydrogen) atoms. The van der Waals surface area contributed by atoms with Crippen LogP contribution in [0.25, 0.3) is 0 Å². The van der Waals surface area contributed by atoms with Gasteiger partial charge in [-0.1, -0.05) is 6.07 Å². The molecule has 2 aromatic rings. The standard InChI is InChI=1S/C17H15F3N2O3/c1-10-6-7-12(9-21-10)16(24)25-11(2)15(23)22-14-5-3-4-13(8-14)17(18,19)20/h3-9,11H,1-2H3,(H,22,23). The lowest BCUT2D eigenvalue weighted by atomic mass is 10.2. The molecule has 0 spiro atoms. The van der Waals surface area contributed by atoms with E-state index in [0.29, 0.717) is 5.69 Å². The SMILES string of the molecule is Cc1ccc(C(=O)OC(C)C(=O)Nc2cccc(C(F)(F)F)c2)cn1. The van der Waals surface area contributed by atoms with Crippen molar-refractivity contribution in [3.8, 4) is 0 Å². The van der Waals surface area contributed by atoms with Crippen molar-refractivity contribution in [1.29, 1.82) is 0 Å². The lowest BCUT2D eigenvalue weighted by molar-refractivity contribution is -0.137. The minimum atomic E-state index is -4.52. The first kappa shape index (κ1) is 18.4. The molecule has 0 aliphatic heterocycles. The number of nitrogens with zero attached hydrogens (tertiary/aromatic N) is 1. The van der Waals surface area contributed by atoms with E-state index in [-0.39, 0.29) is 11.3 Å². The Morgan fingerprint density at radius 1 is 1.20 bits per heavy atom. The highest BCUT2D eigenvalue weighted by molar-refractivity contribution is 5.97. The number of halogens is 3. The summed E-state index contributed by atoms with van der Waals surface area (Å²) in [5, 5.41) is 2.29. The number of nitrogens with one attached hydrogen (secondary N) is 1. The number of amides is 1. The van der Waals surface area contributed by atoms with Crippen LogP contribution < -0.4 is 5.32 Å². The predicted molar refractivity (Wildman–Crippen MR) is 83.9 cm³/mol. The summed E-state index contributed by atoms with van der Waals surface area (Å²) in [6.45, 7) is 3.07. The van der Waals surface area contributed by atoms with E-state index in [4.69, 9.17) is 4.74 Å². The zero-order valence-corrected chi connectivity index (χ0v) is 13.4. The number of aromatic nitrogens is 1. The van der Waals surface area contributed by atoms with Gasteiger partial charge in [-0.15, -0.1) is 0 Å². The number of hydrogen-bond donors (Lipinski definition) is 1. The van der Waals surface area contributed by atoms with Gasteiger partial charge in [0.15, 0.2) is 6.10 Å². The van der Waals surface area contributed by atoms with Gasteiger partial charge in [-0.2, -0.15) is 13.2 Å². The fraction of sp³-hybridized carbons (Fsp3) is 0.235. The number of hydrogen-bond acceptors (Lipinski definition) is 4. The Labute approximate surface area is 141 Å². The highest BCUT2D eigenvalue weighted by Gasteiger charge is 2.30. The van der Waals surface area contributed by atoms with E-state index in [1.807, 2.05) is 0 Å². The summed E-state index contributed by atoms with van der Waals surface area (Å²) in [6.07, 6.45) is -4.39. The smallest absolute Gasteiger partial charge is 0.416 e. The molecule has 0 aliphatic rings. The van der Waals surface area contributed by atoms with E-state index in [9.17, 15) is 22.8 Å². The molecule has 0 radical (unpaired) electrons. The molecule has 132 valence electrons. The lowest BCUT2D eigenvalue weighted by Crippen LogP contribution is -2.30. The molecule has 0 fully saturated rings. The van der Waals surface area contributed by atoms with Crippen molar-refractivity contribution in [2.24, 2.45) is 0 Å². The maximum Gasteiger partial charge on any atom is 0.416 e. The van der Waals surface area contributed by atoms with Crippen molar-refractivity contribution in [2.45, 2.75) is 26.1 Å². The van der Waals surface area contributed by atoms with Crippen molar-refractivity contribution in [3.05, 3.63) is 59.4 Å². The normalized spacial score (nSPS) is 12.4. The number of pyridine rings is 1. The van der Waals surface area contributed by atoms with E-state index >= 15 is 0 Å². The van der Waals surface area contributed by atoms with Crippen molar-refractivity contribution in [2.75, 3.05) is 5.32 Å². The summed E-state index contributed by atoms with van der Waals surface area (Å²) >= 11 is 0. The second kappa shape index (κ2) is 7.33. The van der Waals surface area contributed by atoms with E-state index in [1.54, 1.807) is 13.0 Å². The summed E-state index contributed by atoms with van der Waals surface area (Å²) in [5.41, 5.74) is -0.0448. The molecule has 0 saturated heterocycles. The molecule has 1 N–H and O–H groups in total. The Morgan fingerprint density at radius 2 is 1.92 bits per heavy atom. The molecular weight excluding hydrogens is 337 g/mol. The van der Waals surface area contributed by atoms with Crippen molar-refractivity contribution in [3.63, 3.8) is 0 Å². The molecular formula is C17H15F3N2O3. The molecule has 0 aliphatic carbocycles. The van der Waals surface area contributed by atoms with Crippen LogP contribution in [0.15, 0.2) is 42.6 Å². The monoisotopic (exact) mass is 352 g/mol. The summed E-state index contributed by atoms with van der Waals surface area (Å²) in [5.74, 6) is -1.49. The Balaban J connectivity index is 2.01. The number of rotatable bonds is 4. The molecule has 0 bridgehead atoms. The van der Waals surface area contributed by atoms with Crippen LogP contribution in [-0.2, 0) is 15.7 Å². The van der Waals surface area contributed by atoms with Gasteiger partial charge in [0.2, 0.25) is 0 Å². The largest absolute Gasteiger partial charge is 0.449 e. The third-order valence-electron chi connectivity index (χ3n) is 3.26. The molecule has 1 heterocycles. The van der Waals surface area contributed by atoms with E-state index in [2.05, 4.69) is 10.3 Å². The molecule has 1 amide bonds. The highest BCUT2D eigenvalue weighted by atomic mass is 19.4. The van der Waals surface area contributed by atoms with E-state index in [1.165, 1.54) is 31.3 Å². The van der Waals surface area contributed by atoms with Crippen molar-refractivity contribution < 1.29 is 27.5 Å². The second-order valence-electron chi connectivity index (χ2n) is 5.30. The van der Waals surface area contributed by atoms with Gasteiger partial charge in [0, 0.05) is 17.6 Å². The van der Waals surface area contributed by atoms with Gasteiger partial charge in [0.05, 0.1) is 11.1 Å². The van der Waals surface area contributed by atoms with Gasteiger partial charge >= 0.3 is 12.1 Å². The Kier molecular flexibility index (Phi) is 5.41. The number of carbonyl (C=O) groups excluding carboxylic acids is 2. The molecule has 2 rings (SSSR count). The van der Waals surface area contributed by atoms with Crippen LogP contribution in [0.5, 0.6) is 0 Å². The van der Waals surface area contributed by atoms with Gasteiger partial charge < -0.3 is 10.1 Å². The van der Waals surface area contributed by atoms with Crippen LogP contribution in [-0.4, -0.2) is 23.0 Å². The zero-order valence-electron chi connectivity index (χ0n) is 13.4. The van der Waals surface area contributed by atoms with Crippen molar-refractivity contribution >= 4 is 17.6 Å². The number of ether oxygens (including phenoxy) is 1.